The number of halogens is 3. The normalized spacial score (nSPS) is 12.0. The summed E-state index contributed by atoms with van der Waals surface area (Å²) >= 11 is 0. The summed E-state index contributed by atoms with van der Waals surface area (Å²) in [5.74, 6) is 0.306. The summed E-state index contributed by atoms with van der Waals surface area (Å²) in [5.41, 5.74) is 7.11. The molecule has 0 atom stereocenters. The minimum atomic E-state index is -4.45. The number of nitrogen functional groups attached to an aromatic ring is 1. The number of benzene rings is 1. The summed E-state index contributed by atoms with van der Waals surface area (Å²) in [7, 11) is 0. The van der Waals surface area contributed by atoms with Gasteiger partial charge in [0.15, 0.2) is 5.65 Å². The van der Waals surface area contributed by atoms with E-state index in [1.54, 1.807) is 6.20 Å². The molecule has 2 aromatic heterocycles. The molecular weight excluding hydrogens is 281 g/mol. The van der Waals surface area contributed by atoms with E-state index < -0.39 is 11.7 Å². The van der Waals surface area contributed by atoms with Gasteiger partial charge in [0.1, 0.15) is 5.82 Å². The Balaban J connectivity index is 2.16. The minimum absolute atomic E-state index is 0.0319. The van der Waals surface area contributed by atoms with Crippen LogP contribution < -0.4 is 5.73 Å². The average molecular weight is 292 g/mol. The number of aryl methyl sites for hydroxylation is 1. The third kappa shape index (κ3) is 2.54. The number of rotatable bonds is 1. The van der Waals surface area contributed by atoms with Crippen molar-refractivity contribution < 1.29 is 13.2 Å². The van der Waals surface area contributed by atoms with Gasteiger partial charge in [-0.15, -0.1) is 0 Å². The number of hydrogen-bond donors (Lipinski definition) is 2. The molecule has 0 radical (unpaired) electrons. The molecule has 108 valence electrons. The summed E-state index contributed by atoms with van der Waals surface area (Å²) in [4.78, 5) is 11.3. The molecule has 4 nitrogen and oxygen atoms in total. The van der Waals surface area contributed by atoms with Crippen LogP contribution in [0, 0.1) is 6.92 Å². The van der Waals surface area contributed by atoms with E-state index in [1.165, 1.54) is 6.07 Å². The predicted molar refractivity (Wildman–Crippen MR) is 73.5 cm³/mol. The van der Waals surface area contributed by atoms with Crippen LogP contribution in [0.15, 0.2) is 30.5 Å². The van der Waals surface area contributed by atoms with Crippen molar-refractivity contribution in [2.45, 2.75) is 13.1 Å². The van der Waals surface area contributed by atoms with E-state index in [9.17, 15) is 13.2 Å². The van der Waals surface area contributed by atoms with Gasteiger partial charge in [0.25, 0.3) is 0 Å². The Morgan fingerprint density at radius 3 is 2.62 bits per heavy atom. The van der Waals surface area contributed by atoms with Crippen molar-refractivity contribution in [1.82, 2.24) is 15.0 Å². The van der Waals surface area contributed by atoms with Gasteiger partial charge in [0.2, 0.25) is 0 Å². The summed E-state index contributed by atoms with van der Waals surface area (Å²) < 4.78 is 38.5. The molecule has 0 unspecified atom stereocenters. The van der Waals surface area contributed by atoms with Gasteiger partial charge >= 0.3 is 6.18 Å². The molecule has 0 aliphatic carbocycles. The summed E-state index contributed by atoms with van der Waals surface area (Å²) in [5, 5.41) is 0. The van der Waals surface area contributed by atoms with Crippen molar-refractivity contribution in [2.75, 3.05) is 5.73 Å². The second-order valence-electron chi connectivity index (χ2n) is 4.81. The monoisotopic (exact) mass is 292 g/mol. The van der Waals surface area contributed by atoms with Gasteiger partial charge in [0, 0.05) is 17.4 Å². The number of nitrogens with two attached hydrogens (primary N) is 1. The van der Waals surface area contributed by atoms with Crippen LogP contribution in [0.2, 0.25) is 0 Å². The first-order valence-corrected chi connectivity index (χ1v) is 6.13. The Bertz CT molecular complexity index is 821. The molecule has 7 heteroatoms. The molecule has 0 aliphatic rings. The maximum Gasteiger partial charge on any atom is 0.416 e. The summed E-state index contributed by atoms with van der Waals surface area (Å²) in [6.45, 7) is 1.87. The number of hydrogen-bond acceptors (Lipinski definition) is 3. The van der Waals surface area contributed by atoms with Gasteiger partial charge in [-0.2, -0.15) is 13.2 Å². The number of nitrogens with one attached hydrogen (secondary N) is 1. The van der Waals surface area contributed by atoms with Crippen molar-refractivity contribution in [3.05, 3.63) is 41.6 Å². The third-order valence-electron chi connectivity index (χ3n) is 3.03. The van der Waals surface area contributed by atoms with E-state index in [1.807, 2.05) is 13.0 Å². The van der Waals surface area contributed by atoms with Crippen molar-refractivity contribution in [2.24, 2.45) is 0 Å². The zero-order chi connectivity index (χ0) is 15.2. The Hall–Kier alpha value is -2.57. The highest BCUT2D eigenvalue weighted by atomic mass is 19.4. The summed E-state index contributed by atoms with van der Waals surface area (Å²) in [6.07, 6.45) is -2.81. The van der Waals surface area contributed by atoms with E-state index in [0.29, 0.717) is 17.0 Å². The minimum Gasteiger partial charge on any atom is -0.399 e. The number of pyridine rings is 1. The lowest BCUT2D eigenvalue weighted by Crippen LogP contribution is -2.06. The van der Waals surface area contributed by atoms with Crippen LogP contribution in [-0.2, 0) is 6.18 Å². The van der Waals surface area contributed by atoms with E-state index >= 15 is 0 Å². The molecule has 0 spiro atoms. The Morgan fingerprint density at radius 2 is 1.90 bits per heavy atom. The largest absolute Gasteiger partial charge is 0.416 e. The molecule has 0 bridgehead atoms. The van der Waals surface area contributed by atoms with Crippen LogP contribution in [0.4, 0.5) is 18.9 Å². The number of aromatic amines is 1. The van der Waals surface area contributed by atoms with Gasteiger partial charge in [0.05, 0.1) is 11.1 Å². The first kappa shape index (κ1) is 13.4. The zero-order valence-electron chi connectivity index (χ0n) is 11.0. The maximum absolute atomic E-state index is 12.8. The smallest absolute Gasteiger partial charge is 0.399 e. The lowest BCUT2D eigenvalue weighted by molar-refractivity contribution is -0.137. The Labute approximate surface area is 117 Å². The number of imidazole rings is 1. The quantitative estimate of drug-likeness (QED) is 0.674. The molecule has 2 heterocycles. The molecule has 0 aliphatic heterocycles. The number of nitrogens with zero attached hydrogens (tertiary/aromatic N) is 2. The molecule has 3 aromatic rings. The van der Waals surface area contributed by atoms with Crippen molar-refractivity contribution in [1.29, 1.82) is 0 Å². The first-order chi connectivity index (χ1) is 9.83. The molecule has 1 aromatic carbocycles. The van der Waals surface area contributed by atoms with Gasteiger partial charge in [-0.1, -0.05) is 0 Å². The molecule has 21 heavy (non-hydrogen) atoms. The molecule has 0 amide bonds. The predicted octanol–water partition coefficient (Wildman–Crippen LogP) is 3.53. The third-order valence-corrected chi connectivity index (χ3v) is 3.03. The van der Waals surface area contributed by atoms with Gasteiger partial charge < -0.3 is 10.7 Å². The first-order valence-electron chi connectivity index (χ1n) is 6.13. The van der Waals surface area contributed by atoms with E-state index in [2.05, 4.69) is 15.0 Å². The van der Waals surface area contributed by atoms with Crippen LogP contribution in [0.1, 0.15) is 11.1 Å². The van der Waals surface area contributed by atoms with Crippen molar-refractivity contribution in [3.8, 4) is 11.4 Å². The van der Waals surface area contributed by atoms with Gasteiger partial charge in [-0.3, -0.25) is 0 Å². The fourth-order valence-electron chi connectivity index (χ4n) is 2.09. The molecule has 3 rings (SSSR count). The SMILES string of the molecule is Cc1cnc2nc(-c3cc(N)cc(C(F)(F)F)c3)[nH]c2c1. The lowest BCUT2D eigenvalue weighted by Gasteiger charge is -2.09. The molecule has 3 N–H and O–H groups in total. The highest BCUT2D eigenvalue weighted by Crippen LogP contribution is 2.33. The van der Waals surface area contributed by atoms with Crippen LogP contribution >= 0.6 is 0 Å². The van der Waals surface area contributed by atoms with Crippen LogP contribution in [-0.4, -0.2) is 15.0 Å². The average Bonchev–Trinajstić information content (AvgIpc) is 2.80. The number of fused-ring (bicyclic) bond motifs is 1. The Morgan fingerprint density at radius 1 is 1.14 bits per heavy atom. The lowest BCUT2D eigenvalue weighted by atomic mass is 10.1. The number of alkyl halides is 3. The van der Waals surface area contributed by atoms with Gasteiger partial charge in [-0.05, 0) is 36.8 Å². The molecule has 0 fully saturated rings. The van der Waals surface area contributed by atoms with E-state index in [-0.39, 0.29) is 11.3 Å². The molecule has 0 saturated heterocycles. The fourth-order valence-corrected chi connectivity index (χ4v) is 2.09. The number of anilines is 1. The van der Waals surface area contributed by atoms with E-state index in [0.717, 1.165) is 17.7 Å². The topological polar surface area (TPSA) is 67.6 Å². The second-order valence-corrected chi connectivity index (χ2v) is 4.81. The van der Waals surface area contributed by atoms with E-state index in [4.69, 9.17) is 5.73 Å². The highest BCUT2D eigenvalue weighted by Gasteiger charge is 2.31. The second kappa shape index (κ2) is 4.47. The zero-order valence-corrected chi connectivity index (χ0v) is 11.0. The number of aromatic nitrogens is 3. The summed E-state index contributed by atoms with van der Waals surface area (Å²) in [6, 6.07) is 5.19. The van der Waals surface area contributed by atoms with Crippen LogP contribution in [0.5, 0.6) is 0 Å². The van der Waals surface area contributed by atoms with Crippen molar-refractivity contribution in [3.63, 3.8) is 0 Å². The van der Waals surface area contributed by atoms with Crippen molar-refractivity contribution >= 4 is 16.9 Å². The molecule has 0 saturated carbocycles. The molecular formula is C14H11F3N4. The highest BCUT2D eigenvalue weighted by molar-refractivity contribution is 5.77. The standard InChI is InChI=1S/C14H11F3N4/c1-7-2-11-13(19-6-7)21-12(20-11)8-3-9(14(15,16)17)5-10(18)4-8/h2-6H,18H2,1H3,(H,19,20,21). The van der Waals surface area contributed by atoms with Gasteiger partial charge in [-0.25, -0.2) is 9.97 Å². The Kier molecular flexibility index (Phi) is 2.86. The number of H-pyrrole nitrogens is 1. The maximum atomic E-state index is 12.8. The van der Waals surface area contributed by atoms with Crippen LogP contribution in [0.3, 0.4) is 0 Å². The fraction of sp³-hybridized carbons (Fsp3) is 0.143. The van der Waals surface area contributed by atoms with Crippen LogP contribution in [0.25, 0.3) is 22.6 Å².